The number of sulfonamides is 1. The molecular weight excluding hydrogens is 278 g/mol. The molecule has 0 aliphatic carbocycles. The fourth-order valence-corrected chi connectivity index (χ4v) is 3.16. The first-order valence-electron chi connectivity index (χ1n) is 6.43. The molecular formula is C13H19N3O3S. The SMILES string of the molecule is CS(=O)(=O)N[C@H]1CCN(C(=O)[C@H](N)c2ccccc2)C1. The number of benzene rings is 1. The molecule has 1 aliphatic heterocycles. The van der Waals surface area contributed by atoms with Crippen molar-refractivity contribution in [1.82, 2.24) is 9.62 Å². The van der Waals surface area contributed by atoms with Gasteiger partial charge in [0, 0.05) is 19.1 Å². The number of nitrogens with one attached hydrogen (secondary N) is 1. The molecule has 2 atom stereocenters. The van der Waals surface area contributed by atoms with E-state index in [1.165, 1.54) is 0 Å². The Morgan fingerprint density at radius 3 is 2.65 bits per heavy atom. The smallest absolute Gasteiger partial charge is 0.244 e. The van der Waals surface area contributed by atoms with E-state index in [4.69, 9.17) is 5.73 Å². The van der Waals surface area contributed by atoms with Gasteiger partial charge in [-0.2, -0.15) is 0 Å². The average molecular weight is 297 g/mol. The largest absolute Gasteiger partial charge is 0.339 e. The van der Waals surface area contributed by atoms with Gasteiger partial charge in [0.15, 0.2) is 0 Å². The third kappa shape index (κ3) is 3.78. The Balaban J connectivity index is 1.98. The molecule has 3 N–H and O–H groups in total. The van der Waals surface area contributed by atoms with Crippen LogP contribution in [0, 0.1) is 0 Å². The Labute approximate surface area is 119 Å². The summed E-state index contributed by atoms with van der Waals surface area (Å²) in [4.78, 5) is 13.9. The van der Waals surface area contributed by atoms with E-state index in [2.05, 4.69) is 4.72 Å². The summed E-state index contributed by atoms with van der Waals surface area (Å²) >= 11 is 0. The zero-order valence-electron chi connectivity index (χ0n) is 11.3. The van der Waals surface area contributed by atoms with E-state index >= 15 is 0 Å². The monoisotopic (exact) mass is 297 g/mol. The number of nitrogens with zero attached hydrogens (tertiary/aromatic N) is 1. The maximum Gasteiger partial charge on any atom is 0.244 e. The van der Waals surface area contributed by atoms with Gasteiger partial charge in [-0.15, -0.1) is 0 Å². The summed E-state index contributed by atoms with van der Waals surface area (Å²) in [5, 5.41) is 0. The standard InChI is InChI=1S/C13H19N3O3S/c1-20(18,19)15-11-7-8-16(9-11)13(17)12(14)10-5-3-2-4-6-10/h2-6,11-12,15H,7-9,14H2,1H3/t11-,12+/m0/s1. The van der Waals surface area contributed by atoms with Crippen molar-refractivity contribution in [2.24, 2.45) is 5.73 Å². The van der Waals surface area contributed by atoms with Gasteiger partial charge in [-0.3, -0.25) is 4.79 Å². The van der Waals surface area contributed by atoms with Crippen LogP contribution in [-0.4, -0.2) is 44.6 Å². The van der Waals surface area contributed by atoms with Crippen molar-refractivity contribution >= 4 is 15.9 Å². The Morgan fingerprint density at radius 2 is 2.05 bits per heavy atom. The average Bonchev–Trinajstić information content (AvgIpc) is 2.84. The topological polar surface area (TPSA) is 92.5 Å². The lowest BCUT2D eigenvalue weighted by Gasteiger charge is -2.21. The van der Waals surface area contributed by atoms with Crippen molar-refractivity contribution in [3.63, 3.8) is 0 Å². The molecule has 20 heavy (non-hydrogen) atoms. The molecule has 1 fully saturated rings. The second kappa shape index (κ2) is 5.90. The summed E-state index contributed by atoms with van der Waals surface area (Å²) in [6.07, 6.45) is 1.73. The van der Waals surface area contributed by atoms with Gasteiger partial charge >= 0.3 is 0 Å². The van der Waals surface area contributed by atoms with Crippen LogP contribution in [0.3, 0.4) is 0 Å². The van der Waals surface area contributed by atoms with Crippen LogP contribution < -0.4 is 10.5 Å². The van der Waals surface area contributed by atoms with E-state index < -0.39 is 16.1 Å². The van der Waals surface area contributed by atoms with Crippen molar-refractivity contribution in [3.8, 4) is 0 Å². The first-order valence-corrected chi connectivity index (χ1v) is 8.32. The van der Waals surface area contributed by atoms with Gasteiger partial charge in [0.25, 0.3) is 0 Å². The number of amides is 1. The predicted molar refractivity (Wildman–Crippen MR) is 76.3 cm³/mol. The molecule has 2 rings (SSSR count). The molecule has 0 unspecified atom stereocenters. The van der Waals surface area contributed by atoms with E-state index in [9.17, 15) is 13.2 Å². The van der Waals surface area contributed by atoms with E-state index in [0.717, 1.165) is 11.8 Å². The van der Waals surface area contributed by atoms with Crippen molar-refractivity contribution < 1.29 is 13.2 Å². The normalized spacial score (nSPS) is 20.9. The second-order valence-electron chi connectivity index (χ2n) is 5.05. The van der Waals surface area contributed by atoms with Crippen LogP contribution in [0.4, 0.5) is 0 Å². The van der Waals surface area contributed by atoms with Gasteiger partial charge < -0.3 is 10.6 Å². The fourth-order valence-electron chi connectivity index (χ4n) is 2.36. The Bertz CT molecular complexity index is 574. The highest BCUT2D eigenvalue weighted by Gasteiger charge is 2.31. The molecule has 1 aromatic rings. The second-order valence-corrected chi connectivity index (χ2v) is 6.83. The summed E-state index contributed by atoms with van der Waals surface area (Å²) in [5.74, 6) is -0.172. The number of carbonyl (C=O) groups is 1. The van der Waals surface area contributed by atoms with Crippen LogP contribution >= 0.6 is 0 Å². The van der Waals surface area contributed by atoms with E-state index in [-0.39, 0.29) is 11.9 Å². The van der Waals surface area contributed by atoms with Crippen LogP contribution in [0.25, 0.3) is 0 Å². The molecule has 1 heterocycles. The highest BCUT2D eigenvalue weighted by atomic mass is 32.2. The van der Waals surface area contributed by atoms with Gasteiger partial charge in [-0.25, -0.2) is 13.1 Å². The number of hydrogen-bond acceptors (Lipinski definition) is 4. The van der Waals surface area contributed by atoms with Crippen molar-refractivity contribution in [3.05, 3.63) is 35.9 Å². The Morgan fingerprint density at radius 1 is 1.40 bits per heavy atom. The molecule has 0 aromatic heterocycles. The Hall–Kier alpha value is -1.44. The minimum absolute atomic E-state index is 0.172. The van der Waals surface area contributed by atoms with E-state index in [1.54, 1.807) is 4.90 Å². The highest BCUT2D eigenvalue weighted by molar-refractivity contribution is 7.88. The molecule has 0 saturated carbocycles. The van der Waals surface area contributed by atoms with Crippen LogP contribution in [0.2, 0.25) is 0 Å². The molecule has 1 saturated heterocycles. The number of hydrogen-bond donors (Lipinski definition) is 2. The zero-order valence-corrected chi connectivity index (χ0v) is 12.1. The number of likely N-dealkylation sites (tertiary alicyclic amines) is 1. The summed E-state index contributed by atoms with van der Waals surface area (Å²) in [6.45, 7) is 0.888. The van der Waals surface area contributed by atoms with Gasteiger partial charge in [0.1, 0.15) is 6.04 Å². The lowest BCUT2D eigenvalue weighted by Crippen LogP contribution is -2.40. The minimum atomic E-state index is -3.25. The summed E-state index contributed by atoms with van der Waals surface area (Å²) in [7, 11) is -3.25. The first kappa shape index (κ1) is 15.0. The minimum Gasteiger partial charge on any atom is -0.339 e. The summed E-state index contributed by atoms with van der Waals surface area (Å²) in [5.41, 5.74) is 6.72. The predicted octanol–water partition coefficient (Wildman–Crippen LogP) is -0.163. The van der Waals surface area contributed by atoms with Crippen molar-refractivity contribution in [2.75, 3.05) is 19.3 Å². The molecule has 1 aromatic carbocycles. The molecule has 0 radical (unpaired) electrons. The number of rotatable bonds is 4. The van der Waals surface area contributed by atoms with Crippen molar-refractivity contribution in [2.45, 2.75) is 18.5 Å². The summed E-state index contributed by atoms with van der Waals surface area (Å²) in [6, 6.07) is 8.23. The van der Waals surface area contributed by atoms with Gasteiger partial charge in [-0.1, -0.05) is 30.3 Å². The van der Waals surface area contributed by atoms with Crippen LogP contribution in [-0.2, 0) is 14.8 Å². The molecule has 6 nitrogen and oxygen atoms in total. The van der Waals surface area contributed by atoms with Gasteiger partial charge in [0.2, 0.25) is 15.9 Å². The molecule has 0 bridgehead atoms. The van der Waals surface area contributed by atoms with Crippen LogP contribution in [0.15, 0.2) is 30.3 Å². The molecule has 110 valence electrons. The van der Waals surface area contributed by atoms with E-state index in [0.29, 0.717) is 19.5 Å². The Kier molecular flexibility index (Phi) is 4.42. The van der Waals surface area contributed by atoms with Crippen LogP contribution in [0.1, 0.15) is 18.0 Å². The molecule has 1 amide bonds. The highest BCUT2D eigenvalue weighted by Crippen LogP contribution is 2.17. The molecule has 1 aliphatic rings. The van der Waals surface area contributed by atoms with Gasteiger partial charge in [0.05, 0.1) is 6.26 Å². The lowest BCUT2D eigenvalue weighted by atomic mass is 10.1. The summed E-state index contributed by atoms with van der Waals surface area (Å²) < 4.78 is 24.9. The third-order valence-corrected chi connectivity index (χ3v) is 4.07. The van der Waals surface area contributed by atoms with Gasteiger partial charge in [-0.05, 0) is 12.0 Å². The maximum absolute atomic E-state index is 12.3. The lowest BCUT2D eigenvalue weighted by molar-refractivity contribution is -0.131. The number of carbonyl (C=O) groups excluding carboxylic acids is 1. The molecule has 7 heteroatoms. The quantitative estimate of drug-likeness (QED) is 0.807. The van der Waals surface area contributed by atoms with Crippen LogP contribution in [0.5, 0.6) is 0 Å². The van der Waals surface area contributed by atoms with Crippen molar-refractivity contribution in [1.29, 1.82) is 0 Å². The fraction of sp³-hybridized carbons (Fsp3) is 0.462. The third-order valence-electron chi connectivity index (χ3n) is 3.31. The maximum atomic E-state index is 12.3. The molecule has 0 spiro atoms. The van der Waals surface area contributed by atoms with E-state index in [1.807, 2.05) is 30.3 Å². The first-order chi connectivity index (χ1) is 9.37. The zero-order chi connectivity index (χ0) is 14.8. The number of nitrogens with two attached hydrogens (primary N) is 1.